The molecular weight excluding hydrogens is 829 g/mol. The number of allylic oxidation sites excluding steroid dienone is 14. The van der Waals surface area contributed by atoms with Gasteiger partial charge in [0.15, 0.2) is 6.10 Å². The second-order valence-corrected chi connectivity index (χ2v) is 18.5. The smallest absolute Gasteiger partial charge is 0.306 e. The van der Waals surface area contributed by atoms with Gasteiger partial charge in [-0.05, 0) is 96.3 Å². The van der Waals surface area contributed by atoms with Gasteiger partial charge in [0.25, 0.3) is 0 Å². The Morgan fingerprint density at radius 3 is 0.970 bits per heavy atom. The van der Waals surface area contributed by atoms with Gasteiger partial charge < -0.3 is 14.2 Å². The molecule has 0 aromatic carbocycles. The summed E-state index contributed by atoms with van der Waals surface area (Å²) in [4.78, 5) is 38.1. The SMILES string of the molecule is CC/C=C\C/C=C\C/C=C\C/C=C\CCCCC(=O)O[C@@H](COC(=O)CCCCCCCC/C=C\C/C=C\C/C=C\CCCCC)COC(=O)CCCCCCCCCCCCCCCCC. The largest absolute Gasteiger partial charge is 0.462 e. The predicted molar refractivity (Wildman–Crippen MR) is 288 cm³/mol. The van der Waals surface area contributed by atoms with Gasteiger partial charge in [-0.15, -0.1) is 0 Å². The molecular formula is C61H104O6. The van der Waals surface area contributed by atoms with Crippen LogP contribution in [-0.2, 0) is 28.6 Å². The maximum absolute atomic E-state index is 12.8. The maximum atomic E-state index is 12.8. The highest BCUT2D eigenvalue weighted by molar-refractivity contribution is 5.71. The molecule has 67 heavy (non-hydrogen) atoms. The van der Waals surface area contributed by atoms with Crippen molar-refractivity contribution in [2.24, 2.45) is 0 Å². The molecule has 0 aliphatic rings. The normalized spacial score (nSPS) is 12.7. The lowest BCUT2D eigenvalue weighted by atomic mass is 10.0. The molecule has 0 aromatic rings. The first-order valence-corrected chi connectivity index (χ1v) is 28.1. The van der Waals surface area contributed by atoms with Gasteiger partial charge in [0, 0.05) is 19.3 Å². The third kappa shape index (κ3) is 53.4. The summed E-state index contributed by atoms with van der Waals surface area (Å²) in [6, 6.07) is 0. The summed E-state index contributed by atoms with van der Waals surface area (Å²) < 4.78 is 16.8. The standard InChI is InChI=1S/C61H104O6/c1-4-7-10-13-16-19-22-25-28-29-30-31-34-36-39-42-45-48-51-54-60(63)66-57-58(67-61(64)55-52-49-46-43-40-37-33-27-24-21-18-15-12-9-6-3)56-65-59(62)53-50-47-44-41-38-35-32-26-23-20-17-14-11-8-5-2/h9,12,16,18-19,21,25,27-28,30-31,33,40,43,58H,4-8,10-11,13-15,17,20,22-24,26,29,32,34-39,41-42,44-57H2,1-3H3/b12-9-,19-16-,21-18-,28-25-,31-30-,33-27-,43-40-/t58-/m1/s1. The molecule has 0 saturated heterocycles. The zero-order valence-corrected chi connectivity index (χ0v) is 43.9. The Balaban J connectivity index is 4.45. The summed E-state index contributed by atoms with van der Waals surface area (Å²) in [7, 11) is 0. The van der Waals surface area contributed by atoms with Crippen molar-refractivity contribution < 1.29 is 28.6 Å². The monoisotopic (exact) mass is 933 g/mol. The molecule has 0 bridgehead atoms. The zero-order chi connectivity index (χ0) is 48.6. The lowest BCUT2D eigenvalue weighted by molar-refractivity contribution is -0.167. The number of hydrogen-bond donors (Lipinski definition) is 0. The Morgan fingerprint density at radius 2 is 0.582 bits per heavy atom. The van der Waals surface area contributed by atoms with Crippen LogP contribution in [0.3, 0.4) is 0 Å². The summed E-state index contributed by atoms with van der Waals surface area (Å²) >= 11 is 0. The summed E-state index contributed by atoms with van der Waals surface area (Å²) in [5.41, 5.74) is 0. The molecule has 0 aliphatic carbocycles. The van der Waals surface area contributed by atoms with Crippen LogP contribution in [-0.4, -0.2) is 37.2 Å². The van der Waals surface area contributed by atoms with E-state index in [-0.39, 0.29) is 37.5 Å². The molecule has 0 aromatic heterocycles. The molecule has 0 amide bonds. The molecule has 0 fully saturated rings. The van der Waals surface area contributed by atoms with Crippen LogP contribution in [0.15, 0.2) is 85.1 Å². The van der Waals surface area contributed by atoms with E-state index in [1.807, 2.05) is 0 Å². The highest BCUT2D eigenvalue weighted by atomic mass is 16.6. The fraction of sp³-hybridized carbons (Fsp3) is 0.721. The first-order valence-electron chi connectivity index (χ1n) is 28.1. The van der Waals surface area contributed by atoms with Crippen LogP contribution in [0.2, 0.25) is 0 Å². The molecule has 6 nitrogen and oxygen atoms in total. The van der Waals surface area contributed by atoms with Crippen molar-refractivity contribution in [3.05, 3.63) is 85.1 Å². The molecule has 0 aliphatic heterocycles. The molecule has 0 N–H and O–H groups in total. The minimum absolute atomic E-state index is 0.0959. The van der Waals surface area contributed by atoms with Gasteiger partial charge in [-0.3, -0.25) is 14.4 Å². The van der Waals surface area contributed by atoms with Crippen LogP contribution in [0.25, 0.3) is 0 Å². The van der Waals surface area contributed by atoms with E-state index in [1.165, 1.54) is 122 Å². The number of hydrogen-bond acceptors (Lipinski definition) is 6. The molecule has 0 spiro atoms. The Labute approximate surface area is 414 Å². The van der Waals surface area contributed by atoms with Crippen molar-refractivity contribution in [2.45, 2.75) is 271 Å². The highest BCUT2D eigenvalue weighted by Gasteiger charge is 2.19. The predicted octanol–water partition coefficient (Wildman–Crippen LogP) is 18.8. The summed E-state index contributed by atoms with van der Waals surface area (Å²) in [5.74, 6) is -0.945. The van der Waals surface area contributed by atoms with Gasteiger partial charge in [0.2, 0.25) is 0 Å². The number of unbranched alkanes of at least 4 members (excludes halogenated alkanes) is 25. The quantitative estimate of drug-likeness (QED) is 0.0262. The molecule has 6 heteroatoms. The van der Waals surface area contributed by atoms with Crippen LogP contribution in [0.4, 0.5) is 0 Å². The van der Waals surface area contributed by atoms with Crippen LogP contribution >= 0.6 is 0 Å². The third-order valence-corrected chi connectivity index (χ3v) is 11.9. The van der Waals surface area contributed by atoms with E-state index in [4.69, 9.17) is 14.2 Å². The van der Waals surface area contributed by atoms with Gasteiger partial charge in [-0.25, -0.2) is 0 Å². The van der Waals surface area contributed by atoms with E-state index in [0.717, 1.165) is 96.3 Å². The van der Waals surface area contributed by atoms with E-state index < -0.39 is 6.10 Å². The second kappa shape index (κ2) is 55.2. The van der Waals surface area contributed by atoms with Crippen molar-refractivity contribution in [3.8, 4) is 0 Å². The van der Waals surface area contributed by atoms with E-state index in [9.17, 15) is 14.4 Å². The molecule has 0 heterocycles. The van der Waals surface area contributed by atoms with Crippen molar-refractivity contribution >= 4 is 17.9 Å². The number of carbonyl (C=O) groups excluding carboxylic acids is 3. The number of carbonyl (C=O) groups is 3. The number of esters is 3. The number of ether oxygens (including phenoxy) is 3. The van der Waals surface area contributed by atoms with Crippen molar-refractivity contribution in [1.29, 1.82) is 0 Å². The Bertz CT molecular complexity index is 1300. The zero-order valence-electron chi connectivity index (χ0n) is 43.9. The van der Waals surface area contributed by atoms with Crippen molar-refractivity contribution in [2.75, 3.05) is 13.2 Å². The fourth-order valence-corrected chi connectivity index (χ4v) is 7.68. The van der Waals surface area contributed by atoms with E-state index in [0.29, 0.717) is 19.3 Å². The van der Waals surface area contributed by atoms with Gasteiger partial charge in [-0.1, -0.05) is 234 Å². The number of rotatable bonds is 50. The minimum atomic E-state index is -0.803. The lowest BCUT2D eigenvalue weighted by Crippen LogP contribution is -2.30. The molecule has 384 valence electrons. The summed E-state index contributed by atoms with van der Waals surface area (Å²) in [5, 5.41) is 0. The van der Waals surface area contributed by atoms with Gasteiger partial charge >= 0.3 is 17.9 Å². The van der Waals surface area contributed by atoms with Gasteiger partial charge in [0.05, 0.1) is 0 Å². The Morgan fingerprint density at radius 1 is 0.313 bits per heavy atom. The maximum Gasteiger partial charge on any atom is 0.306 e. The molecule has 0 radical (unpaired) electrons. The van der Waals surface area contributed by atoms with E-state index in [2.05, 4.69) is 106 Å². The van der Waals surface area contributed by atoms with E-state index >= 15 is 0 Å². The summed E-state index contributed by atoms with van der Waals surface area (Å²) in [6.07, 6.45) is 71.4. The lowest BCUT2D eigenvalue weighted by Gasteiger charge is -2.18. The third-order valence-electron chi connectivity index (χ3n) is 11.9. The first kappa shape index (κ1) is 63.6. The van der Waals surface area contributed by atoms with Crippen LogP contribution in [0.5, 0.6) is 0 Å². The highest BCUT2D eigenvalue weighted by Crippen LogP contribution is 2.15. The summed E-state index contributed by atoms with van der Waals surface area (Å²) in [6.45, 7) is 6.47. The second-order valence-electron chi connectivity index (χ2n) is 18.5. The van der Waals surface area contributed by atoms with E-state index in [1.54, 1.807) is 0 Å². The average molecular weight is 933 g/mol. The van der Waals surface area contributed by atoms with Gasteiger partial charge in [0.1, 0.15) is 13.2 Å². The first-order chi connectivity index (χ1) is 33.0. The van der Waals surface area contributed by atoms with Crippen LogP contribution in [0.1, 0.15) is 265 Å². The molecule has 1 atom stereocenters. The Kier molecular flexibility index (Phi) is 52.4. The molecule has 0 saturated carbocycles. The Hall–Kier alpha value is -3.41. The van der Waals surface area contributed by atoms with Crippen molar-refractivity contribution in [3.63, 3.8) is 0 Å². The minimum Gasteiger partial charge on any atom is -0.462 e. The fourth-order valence-electron chi connectivity index (χ4n) is 7.68. The van der Waals surface area contributed by atoms with Crippen LogP contribution < -0.4 is 0 Å². The molecule has 0 rings (SSSR count). The molecule has 0 unspecified atom stereocenters. The van der Waals surface area contributed by atoms with Crippen molar-refractivity contribution in [1.82, 2.24) is 0 Å². The van der Waals surface area contributed by atoms with Gasteiger partial charge in [-0.2, -0.15) is 0 Å². The van der Waals surface area contributed by atoms with Crippen LogP contribution in [0, 0.1) is 0 Å². The topological polar surface area (TPSA) is 78.9 Å². The average Bonchev–Trinajstić information content (AvgIpc) is 3.33.